The van der Waals surface area contributed by atoms with E-state index in [2.05, 4.69) is 0 Å². The molecule has 3 aromatic carbocycles. The number of anilines is 1. The Bertz CT molecular complexity index is 1400. The van der Waals surface area contributed by atoms with Crippen LogP contribution >= 0.6 is 23.2 Å². The van der Waals surface area contributed by atoms with Crippen molar-refractivity contribution in [3.05, 3.63) is 94.0 Å². The quantitative estimate of drug-likeness (QED) is 0.248. The second-order valence-corrected chi connectivity index (χ2v) is 9.16. The van der Waals surface area contributed by atoms with Crippen LogP contribution in [0.1, 0.15) is 24.1 Å². The number of carbonyl (C=O) groups is 2. The van der Waals surface area contributed by atoms with Crippen LogP contribution in [-0.2, 0) is 20.7 Å². The molecule has 1 aliphatic heterocycles. The molecule has 5 rings (SSSR count). The minimum atomic E-state index is -1.10. The lowest BCUT2D eigenvalue weighted by Gasteiger charge is -2.38. The largest absolute Gasteiger partial charge is 0.465 e. The van der Waals surface area contributed by atoms with Crippen LogP contribution in [0.4, 0.5) is 5.95 Å². The van der Waals surface area contributed by atoms with Crippen LogP contribution in [0.25, 0.3) is 11.0 Å². The van der Waals surface area contributed by atoms with E-state index in [9.17, 15) is 9.59 Å². The van der Waals surface area contributed by atoms with Crippen LogP contribution in [-0.4, -0.2) is 34.6 Å². The number of hydrogen-bond donors (Lipinski definition) is 0. The molecule has 178 valence electrons. The number of imidazole rings is 1. The fourth-order valence-electron chi connectivity index (χ4n) is 4.64. The van der Waals surface area contributed by atoms with Crippen molar-refractivity contribution in [3.8, 4) is 0 Å². The third-order valence-corrected chi connectivity index (χ3v) is 6.98. The first-order valence-electron chi connectivity index (χ1n) is 11.4. The number of rotatable bonds is 6. The van der Waals surface area contributed by atoms with E-state index in [1.165, 1.54) is 0 Å². The summed E-state index contributed by atoms with van der Waals surface area (Å²) >= 11 is 12.5. The summed E-state index contributed by atoms with van der Waals surface area (Å²) in [7, 11) is 0. The summed E-state index contributed by atoms with van der Waals surface area (Å²) in [6.45, 7) is 2.26. The molecule has 0 radical (unpaired) electrons. The number of carbonyl (C=O) groups excluding carboxylic acids is 2. The second kappa shape index (κ2) is 9.72. The molecular formula is C27H23Cl2N3O3. The van der Waals surface area contributed by atoms with Gasteiger partial charge in [-0.05, 0) is 48.7 Å². The van der Waals surface area contributed by atoms with Crippen LogP contribution in [0.2, 0.25) is 10.0 Å². The number of aromatic nitrogens is 2. The van der Waals surface area contributed by atoms with Gasteiger partial charge in [-0.25, -0.2) is 4.98 Å². The first-order valence-corrected chi connectivity index (χ1v) is 12.2. The van der Waals surface area contributed by atoms with Gasteiger partial charge in [-0.1, -0.05) is 71.7 Å². The molecule has 0 saturated heterocycles. The Kier molecular flexibility index (Phi) is 6.50. The molecule has 0 N–H and O–H groups in total. The predicted molar refractivity (Wildman–Crippen MR) is 137 cm³/mol. The summed E-state index contributed by atoms with van der Waals surface area (Å²) in [5, 5.41) is 0.738. The van der Waals surface area contributed by atoms with Gasteiger partial charge in [0.1, 0.15) is 0 Å². The Morgan fingerprint density at radius 3 is 2.49 bits per heavy atom. The number of amides is 1. The Labute approximate surface area is 213 Å². The number of fused-ring (bicyclic) bond motifs is 3. The van der Waals surface area contributed by atoms with Gasteiger partial charge in [0.05, 0.1) is 33.7 Å². The van der Waals surface area contributed by atoms with E-state index in [1.54, 1.807) is 30.0 Å². The lowest BCUT2D eigenvalue weighted by atomic mass is 9.89. The first-order chi connectivity index (χ1) is 17.0. The Balaban J connectivity index is 1.69. The van der Waals surface area contributed by atoms with Gasteiger partial charge in [0.25, 0.3) is 0 Å². The van der Waals surface area contributed by atoms with E-state index < -0.39 is 17.9 Å². The average molecular weight is 508 g/mol. The maximum absolute atomic E-state index is 14.0. The third kappa shape index (κ3) is 4.28. The molecule has 1 aromatic heterocycles. The lowest BCUT2D eigenvalue weighted by molar-refractivity contribution is -0.153. The summed E-state index contributed by atoms with van der Waals surface area (Å²) in [6, 6.07) is 22.0. The van der Waals surface area contributed by atoms with E-state index in [4.69, 9.17) is 32.9 Å². The molecule has 2 heterocycles. The van der Waals surface area contributed by atoms with Gasteiger partial charge in [0.15, 0.2) is 5.92 Å². The monoisotopic (exact) mass is 507 g/mol. The molecule has 2 atom stereocenters. The summed E-state index contributed by atoms with van der Waals surface area (Å²) in [5.74, 6) is -1.54. The third-order valence-electron chi connectivity index (χ3n) is 6.24. The fourth-order valence-corrected chi connectivity index (χ4v) is 4.95. The number of benzene rings is 3. The Hall–Kier alpha value is -3.35. The minimum Gasteiger partial charge on any atom is -0.465 e. The smallest absolute Gasteiger partial charge is 0.321 e. The zero-order valence-corrected chi connectivity index (χ0v) is 20.5. The van der Waals surface area contributed by atoms with Crippen molar-refractivity contribution in [2.75, 3.05) is 18.1 Å². The van der Waals surface area contributed by atoms with Crippen LogP contribution < -0.4 is 4.90 Å². The fraction of sp³-hybridized carbons (Fsp3) is 0.222. The molecule has 0 bridgehead atoms. The van der Waals surface area contributed by atoms with Crippen molar-refractivity contribution in [1.82, 2.24) is 9.55 Å². The van der Waals surface area contributed by atoms with E-state index in [-0.39, 0.29) is 12.5 Å². The Morgan fingerprint density at radius 2 is 1.74 bits per heavy atom. The van der Waals surface area contributed by atoms with Crippen LogP contribution in [0, 0.1) is 5.92 Å². The van der Waals surface area contributed by atoms with Crippen molar-refractivity contribution < 1.29 is 14.3 Å². The second-order valence-electron chi connectivity index (χ2n) is 8.34. The van der Waals surface area contributed by atoms with E-state index in [0.29, 0.717) is 34.5 Å². The number of para-hydroxylation sites is 2. The highest BCUT2D eigenvalue weighted by molar-refractivity contribution is 6.42. The summed E-state index contributed by atoms with van der Waals surface area (Å²) < 4.78 is 7.34. The number of ether oxygens (including phenoxy) is 1. The maximum atomic E-state index is 14.0. The number of halogens is 2. The van der Waals surface area contributed by atoms with E-state index in [1.807, 2.05) is 59.2 Å². The maximum Gasteiger partial charge on any atom is 0.321 e. The van der Waals surface area contributed by atoms with Gasteiger partial charge in [-0.2, -0.15) is 0 Å². The normalized spacial score (nSPS) is 17.5. The molecule has 35 heavy (non-hydrogen) atoms. The molecule has 0 unspecified atom stereocenters. The molecule has 0 fully saturated rings. The first kappa shape index (κ1) is 23.4. The van der Waals surface area contributed by atoms with Crippen LogP contribution in [0.3, 0.4) is 0 Å². The number of nitrogens with zero attached hydrogens (tertiary/aromatic N) is 3. The average Bonchev–Trinajstić information content (AvgIpc) is 3.24. The van der Waals surface area contributed by atoms with E-state index in [0.717, 1.165) is 16.6 Å². The van der Waals surface area contributed by atoms with Gasteiger partial charge < -0.3 is 9.30 Å². The highest BCUT2D eigenvalue weighted by Gasteiger charge is 2.47. The van der Waals surface area contributed by atoms with Gasteiger partial charge >= 0.3 is 5.97 Å². The van der Waals surface area contributed by atoms with Gasteiger partial charge in [0, 0.05) is 6.54 Å². The topological polar surface area (TPSA) is 64.4 Å². The zero-order chi connectivity index (χ0) is 24.5. The van der Waals surface area contributed by atoms with Crippen molar-refractivity contribution in [2.45, 2.75) is 19.4 Å². The molecule has 0 saturated carbocycles. The van der Waals surface area contributed by atoms with Crippen molar-refractivity contribution in [3.63, 3.8) is 0 Å². The zero-order valence-electron chi connectivity index (χ0n) is 19.0. The van der Waals surface area contributed by atoms with Gasteiger partial charge in [0.2, 0.25) is 11.9 Å². The Morgan fingerprint density at radius 1 is 1.00 bits per heavy atom. The van der Waals surface area contributed by atoms with Crippen LogP contribution in [0.5, 0.6) is 0 Å². The van der Waals surface area contributed by atoms with Crippen molar-refractivity contribution >= 4 is 52.1 Å². The highest BCUT2D eigenvalue weighted by atomic mass is 35.5. The molecule has 8 heteroatoms. The number of esters is 1. The van der Waals surface area contributed by atoms with Crippen molar-refractivity contribution in [2.24, 2.45) is 5.92 Å². The summed E-state index contributed by atoms with van der Waals surface area (Å²) in [6.07, 6.45) is 0.614. The molecule has 0 spiro atoms. The molecule has 4 aromatic rings. The molecular weight excluding hydrogens is 485 g/mol. The molecule has 6 nitrogen and oxygen atoms in total. The van der Waals surface area contributed by atoms with Gasteiger partial charge in [-0.15, -0.1) is 0 Å². The number of hydrogen-bond acceptors (Lipinski definition) is 4. The van der Waals surface area contributed by atoms with E-state index >= 15 is 0 Å². The van der Waals surface area contributed by atoms with Crippen LogP contribution in [0.15, 0.2) is 72.8 Å². The lowest BCUT2D eigenvalue weighted by Crippen LogP contribution is -2.50. The summed E-state index contributed by atoms with van der Waals surface area (Å²) in [5.41, 5.74) is 3.31. The van der Waals surface area contributed by atoms with Crippen molar-refractivity contribution in [1.29, 1.82) is 0 Å². The summed E-state index contributed by atoms with van der Waals surface area (Å²) in [4.78, 5) is 33.6. The standard InChI is InChI=1S/C27H23Cl2N3O3/c1-2-35-26(34)23-24(18-12-13-19(28)20(29)16-18)32-22-11-7-6-10-21(22)30-27(32)31(25(23)33)15-14-17-8-4-3-5-9-17/h3-13,16,23-24H,2,14-15H2,1H3/t23-,24-/m0/s1. The van der Waals surface area contributed by atoms with Gasteiger partial charge in [-0.3, -0.25) is 14.5 Å². The SMILES string of the molecule is CCOC(=O)[C@@H]1C(=O)N(CCc2ccccc2)c2nc3ccccc3n2[C@H]1c1ccc(Cl)c(Cl)c1. The minimum absolute atomic E-state index is 0.165. The highest BCUT2D eigenvalue weighted by Crippen LogP contribution is 2.42. The molecule has 1 aliphatic rings. The molecule has 0 aliphatic carbocycles. The molecule has 1 amide bonds. The predicted octanol–water partition coefficient (Wildman–Crippen LogP) is 5.70.